The van der Waals surface area contributed by atoms with Gasteiger partial charge in [-0.15, -0.1) is 0 Å². The molecule has 0 saturated heterocycles. The van der Waals surface area contributed by atoms with Crippen LogP contribution in [-0.2, 0) is 19.4 Å². The first-order chi connectivity index (χ1) is 13.2. The van der Waals surface area contributed by atoms with Gasteiger partial charge >= 0.3 is 0 Å². The van der Waals surface area contributed by atoms with Crippen LogP contribution in [0.25, 0.3) is 0 Å². The van der Waals surface area contributed by atoms with E-state index in [2.05, 4.69) is 10.4 Å². The Kier molecular flexibility index (Phi) is 5.05. The largest absolute Gasteiger partial charge is 0.496 e. The second kappa shape index (κ2) is 7.62. The zero-order chi connectivity index (χ0) is 18.8. The average Bonchev–Trinajstić information content (AvgIpc) is 3.00. The zero-order valence-corrected chi connectivity index (χ0v) is 15.9. The van der Waals surface area contributed by atoms with Crippen LogP contribution in [0.4, 0.5) is 0 Å². The molecule has 1 aliphatic rings. The van der Waals surface area contributed by atoms with E-state index in [1.165, 1.54) is 0 Å². The van der Waals surface area contributed by atoms with Crippen molar-refractivity contribution in [2.24, 2.45) is 0 Å². The van der Waals surface area contributed by atoms with Crippen LogP contribution in [0, 0.1) is 0 Å². The first kappa shape index (κ1) is 17.9. The van der Waals surface area contributed by atoms with E-state index in [0.29, 0.717) is 6.54 Å². The number of halogens is 1. The molecule has 0 radical (unpaired) electrons. The smallest absolute Gasteiger partial charge is 0.271 e. The third-order valence-corrected chi connectivity index (χ3v) is 5.31. The predicted molar refractivity (Wildman–Crippen MR) is 107 cm³/mol. The third kappa shape index (κ3) is 3.66. The number of ether oxygens (including phenoxy) is 1. The van der Waals surface area contributed by atoms with E-state index in [1.807, 2.05) is 48.5 Å². The van der Waals surface area contributed by atoms with E-state index < -0.39 is 0 Å². The number of hydrogen-bond acceptors (Lipinski definition) is 3. The van der Waals surface area contributed by atoms with E-state index in [4.69, 9.17) is 16.3 Å². The molecule has 1 unspecified atom stereocenters. The molecule has 3 aromatic rings. The second-order valence-electron chi connectivity index (χ2n) is 6.79. The molecule has 1 aliphatic heterocycles. The summed E-state index contributed by atoms with van der Waals surface area (Å²) in [7, 11) is 1.65. The topological polar surface area (TPSA) is 59.0 Å². The lowest BCUT2D eigenvalue weighted by molar-refractivity contribution is 0.407. The van der Waals surface area contributed by atoms with Gasteiger partial charge in [-0.3, -0.25) is 9.89 Å². The van der Waals surface area contributed by atoms with Crippen molar-refractivity contribution in [3.63, 3.8) is 0 Å². The maximum Gasteiger partial charge on any atom is 0.271 e. The molecule has 0 aliphatic carbocycles. The minimum absolute atomic E-state index is 0.00223. The Labute approximate surface area is 162 Å². The van der Waals surface area contributed by atoms with Gasteiger partial charge in [-0.1, -0.05) is 41.9 Å². The molecule has 2 N–H and O–H groups in total. The van der Waals surface area contributed by atoms with Crippen LogP contribution in [-0.4, -0.2) is 23.4 Å². The Balaban J connectivity index is 1.63. The Morgan fingerprint density at radius 1 is 1.19 bits per heavy atom. The monoisotopic (exact) mass is 383 g/mol. The highest BCUT2D eigenvalue weighted by Gasteiger charge is 2.26. The highest BCUT2D eigenvalue weighted by Crippen LogP contribution is 2.24. The Hall–Kier alpha value is -2.50. The van der Waals surface area contributed by atoms with Gasteiger partial charge in [-0.25, -0.2) is 4.68 Å². The number of hydrogen-bond donors (Lipinski definition) is 2. The minimum Gasteiger partial charge on any atom is -0.496 e. The van der Waals surface area contributed by atoms with E-state index in [0.717, 1.165) is 52.5 Å². The van der Waals surface area contributed by atoms with E-state index in [9.17, 15) is 4.79 Å². The van der Waals surface area contributed by atoms with Crippen molar-refractivity contribution in [2.75, 3.05) is 13.7 Å². The van der Waals surface area contributed by atoms with Crippen molar-refractivity contribution < 1.29 is 4.74 Å². The third-order valence-electron chi connectivity index (χ3n) is 5.06. The van der Waals surface area contributed by atoms with Crippen molar-refractivity contribution in [3.8, 4) is 5.75 Å². The fourth-order valence-electron chi connectivity index (χ4n) is 3.72. The molecule has 4 rings (SSSR count). The van der Waals surface area contributed by atoms with Gasteiger partial charge in [-0.2, -0.15) is 0 Å². The van der Waals surface area contributed by atoms with Crippen LogP contribution in [0.5, 0.6) is 5.75 Å². The number of methoxy groups -OCH3 is 1. The highest BCUT2D eigenvalue weighted by molar-refractivity contribution is 6.30. The minimum atomic E-state index is -0.00223. The molecule has 1 aromatic heterocycles. The van der Waals surface area contributed by atoms with Crippen LogP contribution < -0.4 is 15.6 Å². The van der Waals surface area contributed by atoms with Crippen molar-refractivity contribution in [1.29, 1.82) is 0 Å². The maximum absolute atomic E-state index is 13.1. The summed E-state index contributed by atoms with van der Waals surface area (Å²) in [5.41, 5.74) is 4.02. The lowest BCUT2D eigenvalue weighted by atomic mass is 9.95. The number of aromatic amines is 1. The van der Waals surface area contributed by atoms with Crippen molar-refractivity contribution >= 4 is 11.6 Å². The molecular formula is C21H22ClN3O2. The molecule has 0 fully saturated rings. The van der Waals surface area contributed by atoms with E-state index in [1.54, 1.807) is 11.8 Å². The molecule has 0 saturated carbocycles. The number of aromatic nitrogens is 2. The first-order valence-corrected chi connectivity index (χ1v) is 9.45. The van der Waals surface area contributed by atoms with Crippen molar-refractivity contribution in [2.45, 2.75) is 25.4 Å². The number of nitrogens with zero attached hydrogens (tertiary/aromatic N) is 1. The summed E-state index contributed by atoms with van der Waals surface area (Å²) in [5.74, 6) is 0.785. The molecule has 140 valence electrons. The molecule has 5 nitrogen and oxygen atoms in total. The standard InChI is InChI=1S/C21H22ClN3O2/c1-27-19-5-3-2-4-15(19)13-25-21(26)20-17(24-25)10-11-23-18(20)12-14-6-8-16(22)9-7-14/h2-9,18,23-24H,10-13H2,1H3. The average molecular weight is 384 g/mol. The first-order valence-electron chi connectivity index (χ1n) is 9.07. The number of H-pyrrole nitrogens is 1. The van der Waals surface area contributed by atoms with Gasteiger partial charge in [-0.05, 0) is 30.2 Å². The lowest BCUT2D eigenvalue weighted by Gasteiger charge is -2.23. The molecule has 0 amide bonds. The van der Waals surface area contributed by atoms with Crippen molar-refractivity contribution in [3.05, 3.63) is 86.3 Å². The molecule has 6 heteroatoms. The number of para-hydroxylation sites is 1. The Morgan fingerprint density at radius 3 is 2.74 bits per heavy atom. The highest BCUT2D eigenvalue weighted by atomic mass is 35.5. The van der Waals surface area contributed by atoms with Gasteiger partial charge in [0, 0.05) is 35.3 Å². The van der Waals surface area contributed by atoms with Crippen LogP contribution in [0.1, 0.15) is 28.4 Å². The predicted octanol–water partition coefficient (Wildman–Crippen LogP) is 3.32. The van der Waals surface area contributed by atoms with Crippen LogP contribution in [0.15, 0.2) is 53.3 Å². The molecule has 0 bridgehead atoms. The van der Waals surface area contributed by atoms with Crippen LogP contribution in [0.2, 0.25) is 5.02 Å². The summed E-state index contributed by atoms with van der Waals surface area (Å²) >= 11 is 5.98. The SMILES string of the molecule is COc1ccccc1Cn1[nH]c2c(c1=O)C(Cc1ccc(Cl)cc1)NCC2. The second-order valence-corrected chi connectivity index (χ2v) is 7.23. The maximum atomic E-state index is 13.1. The van der Waals surface area contributed by atoms with Gasteiger partial charge in [0.05, 0.1) is 19.2 Å². The molecule has 2 aromatic carbocycles. The molecular weight excluding hydrogens is 362 g/mol. The number of nitrogens with one attached hydrogen (secondary N) is 2. The number of benzene rings is 2. The van der Waals surface area contributed by atoms with Gasteiger partial charge in [0.15, 0.2) is 0 Å². The van der Waals surface area contributed by atoms with Crippen LogP contribution in [0.3, 0.4) is 0 Å². The summed E-state index contributed by atoms with van der Waals surface area (Å²) in [6.07, 6.45) is 1.58. The van der Waals surface area contributed by atoms with E-state index in [-0.39, 0.29) is 11.6 Å². The molecule has 27 heavy (non-hydrogen) atoms. The van der Waals surface area contributed by atoms with Gasteiger partial charge in [0.25, 0.3) is 5.56 Å². The summed E-state index contributed by atoms with van der Waals surface area (Å²) < 4.78 is 7.10. The normalized spacial score (nSPS) is 16.1. The number of rotatable bonds is 5. The summed E-state index contributed by atoms with van der Waals surface area (Å²) in [5, 5.41) is 7.52. The summed E-state index contributed by atoms with van der Waals surface area (Å²) in [6.45, 7) is 1.31. The quantitative estimate of drug-likeness (QED) is 0.710. The van der Waals surface area contributed by atoms with Gasteiger partial charge in [0.2, 0.25) is 0 Å². The number of fused-ring (bicyclic) bond motifs is 1. The fourth-order valence-corrected chi connectivity index (χ4v) is 3.84. The molecule has 2 heterocycles. The zero-order valence-electron chi connectivity index (χ0n) is 15.2. The van der Waals surface area contributed by atoms with Gasteiger partial charge < -0.3 is 10.1 Å². The Morgan fingerprint density at radius 2 is 1.96 bits per heavy atom. The fraction of sp³-hybridized carbons (Fsp3) is 0.286. The Bertz CT molecular complexity index is 991. The summed E-state index contributed by atoms with van der Waals surface area (Å²) in [4.78, 5) is 13.1. The lowest BCUT2D eigenvalue weighted by Crippen LogP contribution is -2.34. The van der Waals surface area contributed by atoms with Crippen LogP contribution >= 0.6 is 11.6 Å². The summed E-state index contributed by atoms with van der Waals surface area (Å²) in [6, 6.07) is 15.6. The molecule has 0 spiro atoms. The molecule has 1 atom stereocenters. The van der Waals surface area contributed by atoms with E-state index >= 15 is 0 Å². The van der Waals surface area contributed by atoms with Gasteiger partial charge in [0.1, 0.15) is 5.75 Å². The van der Waals surface area contributed by atoms with Crippen molar-refractivity contribution in [1.82, 2.24) is 15.1 Å².